The maximum atomic E-state index is 11.0. The zero-order valence-corrected chi connectivity index (χ0v) is 9.68. The summed E-state index contributed by atoms with van der Waals surface area (Å²) in [5.41, 5.74) is 0.742. The average Bonchev–Trinajstić information content (AvgIpc) is 2.29. The molecule has 0 amide bonds. The summed E-state index contributed by atoms with van der Waals surface area (Å²) in [4.78, 5) is 13.0. The van der Waals surface area contributed by atoms with Gasteiger partial charge in [0, 0.05) is 31.9 Å². The summed E-state index contributed by atoms with van der Waals surface area (Å²) in [6.07, 6.45) is 1.46. The normalized spacial score (nSPS) is 10.0. The first-order chi connectivity index (χ1) is 8.15. The molecule has 0 aliphatic carbocycles. The number of aromatic nitrogens is 2. The van der Waals surface area contributed by atoms with Crippen LogP contribution in [0.4, 0.5) is 5.69 Å². The number of ether oxygens (including phenoxy) is 1. The highest BCUT2D eigenvalue weighted by atomic mass is 16.5. The van der Waals surface area contributed by atoms with Gasteiger partial charge in [0.15, 0.2) is 5.75 Å². The Balaban J connectivity index is 2.24. The van der Waals surface area contributed by atoms with E-state index in [1.807, 2.05) is 43.3 Å². The van der Waals surface area contributed by atoms with E-state index in [4.69, 9.17) is 4.74 Å². The Morgan fingerprint density at radius 1 is 1.24 bits per heavy atom. The van der Waals surface area contributed by atoms with Gasteiger partial charge in [0.05, 0.1) is 6.20 Å². The number of H-pyrrole nitrogens is 1. The van der Waals surface area contributed by atoms with Gasteiger partial charge in [-0.2, -0.15) is 5.10 Å². The van der Waals surface area contributed by atoms with Crippen LogP contribution < -0.4 is 15.2 Å². The van der Waals surface area contributed by atoms with E-state index >= 15 is 0 Å². The van der Waals surface area contributed by atoms with Crippen molar-refractivity contribution in [2.45, 2.75) is 0 Å². The molecular weight excluding hydrogens is 218 g/mol. The highest BCUT2D eigenvalue weighted by Gasteiger charge is 2.01. The summed E-state index contributed by atoms with van der Waals surface area (Å²) in [6, 6.07) is 8.94. The molecule has 0 aliphatic heterocycles. The fraction of sp³-hybridized carbons (Fsp3) is 0.167. The van der Waals surface area contributed by atoms with Crippen LogP contribution in [0, 0.1) is 0 Å². The highest BCUT2D eigenvalue weighted by Crippen LogP contribution is 2.23. The lowest BCUT2D eigenvalue weighted by Gasteiger charge is -2.13. The van der Waals surface area contributed by atoms with E-state index in [1.165, 1.54) is 12.3 Å². The predicted octanol–water partition coefficient (Wildman–Crippen LogP) is 1.63. The third-order valence-corrected chi connectivity index (χ3v) is 2.21. The van der Waals surface area contributed by atoms with Crippen LogP contribution in [0.25, 0.3) is 0 Å². The van der Waals surface area contributed by atoms with Crippen LogP contribution in [0.1, 0.15) is 0 Å². The van der Waals surface area contributed by atoms with Crippen LogP contribution in [0.5, 0.6) is 11.5 Å². The predicted molar refractivity (Wildman–Crippen MR) is 65.7 cm³/mol. The molecule has 0 atom stereocenters. The second kappa shape index (κ2) is 4.69. The summed E-state index contributed by atoms with van der Waals surface area (Å²) < 4.78 is 5.54. The maximum Gasteiger partial charge on any atom is 0.267 e. The monoisotopic (exact) mass is 231 g/mol. The number of anilines is 1. The van der Waals surface area contributed by atoms with E-state index in [-0.39, 0.29) is 5.56 Å². The first kappa shape index (κ1) is 11.2. The molecule has 0 fully saturated rings. The minimum absolute atomic E-state index is 0.286. The van der Waals surface area contributed by atoms with E-state index in [9.17, 15) is 4.79 Å². The first-order valence-electron chi connectivity index (χ1n) is 5.15. The maximum absolute atomic E-state index is 11.0. The number of aromatic amines is 1. The molecule has 0 spiro atoms. The van der Waals surface area contributed by atoms with Crippen LogP contribution in [0.2, 0.25) is 0 Å². The van der Waals surface area contributed by atoms with E-state index in [0.29, 0.717) is 11.5 Å². The van der Waals surface area contributed by atoms with Gasteiger partial charge in [0.25, 0.3) is 5.56 Å². The third kappa shape index (κ3) is 2.84. The van der Waals surface area contributed by atoms with Crippen molar-refractivity contribution in [3.8, 4) is 11.5 Å². The second-order valence-electron chi connectivity index (χ2n) is 3.77. The van der Waals surface area contributed by atoms with Gasteiger partial charge in [-0.1, -0.05) is 6.07 Å². The van der Waals surface area contributed by atoms with E-state index in [2.05, 4.69) is 10.2 Å². The van der Waals surface area contributed by atoms with Gasteiger partial charge >= 0.3 is 0 Å². The molecule has 5 heteroatoms. The minimum atomic E-state index is -0.286. The standard InChI is InChI=1S/C12H13N3O2/c1-15(2)9-4-3-5-10(6-9)17-11-7-12(16)14-13-8-11/h3-8H,1-2H3,(H,14,16). The van der Waals surface area contributed by atoms with Gasteiger partial charge in [0.2, 0.25) is 0 Å². The summed E-state index contributed by atoms with van der Waals surface area (Å²) in [6.45, 7) is 0. The smallest absolute Gasteiger partial charge is 0.267 e. The molecule has 0 bridgehead atoms. The molecule has 1 aromatic heterocycles. The Hall–Kier alpha value is -2.30. The number of hydrogen-bond acceptors (Lipinski definition) is 4. The zero-order chi connectivity index (χ0) is 12.3. The van der Waals surface area contributed by atoms with Crippen LogP contribution in [0.3, 0.4) is 0 Å². The molecule has 0 aliphatic rings. The molecule has 17 heavy (non-hydrogen) atoms. The van der Waals surface area contributed by atoms with Crippen LogP contribution in [-0.2, 0) is 0 Å². The van der Waals surface area contributed by atoms with Crippen molar-refractivity contribution < 1.29 is 4.74 Å². The molecule has 2 rings (SSSR count). The Labute approximate surface area is 98.7 Å². The fourth-order valence-electron chi connectivity index (χ4n) is 1.38. The summed E-state index contributed by atoms with van der Waals surface area (Å²) in [5, 5.41) is 5.96. The van der Waals surface area contributed by atoms with Gasteiger partial charge in [0.1, 0.15) is 5.75 Å². The van der Waals surface area contributed by atoms with Crippen molar-refractivity contribution in [2.24, 2.45) is 0 Å². The van der Waals surface area contributed by atoms with Crippen molar-refractivity contribution in [3.05, 3.63) is 46.9 Å². The van der Waals surface area contributed by atoms with Gasteiger partial charge < -0.3 is 9.64 Å². The molecular formula is C12H13N3O2. The van der Waals surface area contributed by atoms with Crippen molar-refractivity contribution in [3.63, 3.8) is 0 Å². The number of nitrogens with zero attached hydrogens (tertiary/aromatic N) is 2. The van der Waals surface area contributed by atoms with Crippen LogP contribution in [0.15, 0.2) is 41.3 Å². The van der Waals surface area contributed by atoms with Crippen molar-refractivity contribution in [1.82, 2.24) is 10.2 Å². The van der Waals surface area contributed by atoms with Gasteiger partial charge in [-0.05, 0) is 12.1 Å². The van der Waals surface area contributed by atoms with Crippen molar-refractivity contribution in [1.29, 1.82) is 0 Å². The number of rotatable bonds is 3. The molecule has 0 saturated carbocycles. The second-order valence-corrected chi connectivity index (χ2v) is 3.77. The van der Waals surface area contributed by atoms with Crippen LogP contribution in [-0.4, -0.2) is 24.3 Å². The Morgan fingerprint density at radius 3 is 2.76 bits per heavy atom. The lowest BCUT2D eigenvalue weighted by atomic mass is 10.3. The molecule has 1 N–H and O–H groups in total. The minimum Gasteiger partial charge on any atom is -0.455 e. The number of hydrogen-bond donors (Lipinski definition) is 1. The Kier molecular flexibility index (Phi) is 3.09. The molecule has 2 aromatic rings. The SMILES string of the molecule is CN(C)c1cccc(Oc2cn[nH]c(=O)c2)c1. The molecule has 5 nitrogen and oxygen atoms in total. The van der Waals surface area contributed by atoms with Crippen molar-refractivity contribution in [2.75, 3.05) is 19.0 Å². The fourth-order valence-corrected chi connectivity index (χ4v) is 1.38. The van der Waals surface area contributed by atoms with Gasteiger partial charge in [-0.25, -0.2) is 5.10 Å². The largest absolute Gasteiger partial charge is 0.455 e. The van der Waals surface area contributed by atoms with E-state index in [0.717, 1.165) is 5.69 Å². The average molecular weight is 231 g/mol. The lowest BCUT2D eigenvalue weighted by molar-refractivity contribution is 0.477. The first-order valence-corrected chi connectivity index (χ1v) is 5.15. The van der Waals surface area contributed by atoms with Gasteiger partial charge in [-0.15, -0.1) is 0 Å². The zero-order valence-electron chi connectivity index (χ0n) is 9.68. The summed E-state index contributed by atoms with van der Waals surface area (Å²) >= 11 is 0. The third-order valence-electron chi connectivity index (χ3n) is 2.21. The van der Waals surface area contributed by atoms with Gasteiger partial charge in [-0.3, -0.25) is 4.79 Å². The molecule has 0 radical (unpaired) electrons. The Morgan fingerprint density at radius 2 is 2.06 bits per heavy atom. The number of nitrogens with one attached hydrogen (secondary N) is 1. The molecule has 0 unspecified atom stereocenters. The molecule has 1 aromatic carbocycles. The molecule has 1 heterocycles. The lowest BCUT2D eigenvalue weighted by Crippen LogP contribution is -2.08. The molecule has 88 valence electrons. The Bertz CT molecular complexity index is 563. The van der Waals surface area contributed by atoms with E-state index in [1.54, 1.807) is 0 Å². The summed E-state index contributed by atoms with van der Waals surface area (Å²) in [5.74, 6) is 1.09. The topological polar surface area (TPSA) is 58.2 Å². The van der Waals surface area contributed by atoms with Crippen LogP contribution >= 0.6 is 0 Å². The highest BCUT2D eigenvalue weighted by molar-refractivity contribution is 5.50. The van der Waals surface area contributed by atoms with E-state index < -0.39 is 0 Å². The summed E-state index contributed by atoms with van der Waals surface area (Å²) in [7, 11) is 3.90. The molecule has 0 saturated heterocycles. The number of benzene rings is 1. The quantitative estimate of drug-likeness (QED) is 0.872. The van der Waals surface area contributed by atoms with Crippen molar-refractivity contribution >= 4 is 5.69 Å².